The lowest BCUT2D eigenvalue weighted by Crippen LogP contribution is -2.27. The van der Waals surface area contributed by atoms with Gasteiger partial charge >= 0.3 is 7.47 Å². The van der Waals surface area contributed by atoms with Crippen LogP contribution in [-0.2, 0) is 14.2 Å². The van der Waals surface area contributed by atoms with Gasteiger partial charge in [-0.2, -0.15) is 0 Å². The molecule has 0 aromatic carbocycles. The zero-order valence-electron chi connectivity index (χ0n) is 4.67. The van der Waals surface area contributed by atoms with Gasteiger partial charge in [-0.1, -0.05) is 0 Å². The number of aliphatic carboxylic acids is 1. The van der Waals surface area contributed by atoms with E-state index in [1.54, 1.807) is 0 Å². The zero-order valence-corrected chi connectivity index (χ0v) is 4.67. The van der Waals surface area contributed by atoms with Gasteiger partial charge in [-0.15, -0.1) is 0 Å². The van der Waals surface area contributed by atoms with Gasteiger partial charge in [-0.25, -0.2) is 8.63 Å². The van der Waals surface area contributed by atoms with E-state index in [1.165, 1.54) is 0 Å². The second-order valence-corrected chi connectivity index (χ2v) is 1.30. The quantitative estimate of drug-likeness (QED) is 0.367. The molecule has 0 aliphatic carbocycles. The molecule has 4 nitrogen and oxygen atoms in total. The molecule has 0 heterocycles. The Morgan fingerprint density at radius 2 is 2.00 bits per heavy atom. The van der Waals surface area contributed by atoms with Gasteiger partial charge in [0.2, 0.25) is 0 Å². The van der Waals surface area contributed by atoms with E-state index >= 15 is 0 Å². The summed E-state index contributed by atoms with van der Waals surface area (Å²) in [7, 11) is -3.27. The third-order valence-electron chi connectivity index (χ3n) is 0.509. The molecule has 0 aliphatic rings. The van der Waals surface area contributed by atoms with E-state index in [1.807, 2.05) is 0 Å². The van der Waals surface area contributed by atoms with Crippen LogP contribution < -0.4 is 5.11 Å². The smallest absolute Gasteiger partial charge is 0.550 e. The molecule has 0 aromatic rings. The molecule has 0 unspecified atom stereocenters. The molecule has 0 fully saturated rings. The van der Waals surface area contributed by atoms with Gasteiger partial charge in [0.05, 0.1) is 12.4 Å². The first-order valence-electron chi connectivity index (χ1n) is 2.20. The van der Waals surface area contributed by atoms with Gasteiger partial charge in [-0.05, 0) is 0 Å². The minimum atomic E-state index is -3.27. The number of hydrogen-bond donors (Lipinski definition) is 0. The molecule has 0 saturated carbocycles. The van der Waals surface area contributed by atoms with Crippen molar-refractivity contribution in [2.75, 3.05) is 0 Å². The molecule has 7 heteroatoms. The number of carbonyl (C=O) groups is 2. The third-order valence-corrected chi connectivity index (χ3v) is 0.509. The predicted molar refractivity (Wildman–Crippen MR) is 23.7 cm³/mol. The first-order valence-corrected chi connectivity index (χ1v) is 2.20. The van der Waals surface area contributed by atoms with Gasteiger partial charge in [0, 0.05) is 0 Å². The lowest BCUT2D eigenvalue weighted by Gasteiger charge is -2.00. The molecule has 0 rings (SSSR count). The van der Waals surface area contributed by atoms with E-state index in [4.69, 9.17) is 0 Å². The van der Waals surface area contributed by atoms with Crippen LogP contribution in [0.5, 0.6) is 0 Å². The van der Waals surface area contributed by atoms with Crippen LogP contribution in [0.25, 0.3) is 0 Å². The van der Waals surface area contributed by atoms with Crippen LogP contribution in [0, 0.1) is 0 Å². The van der Waals surface area contributed by atoms with Crippen molar-refractivity contribution in [2.45, 2.75) is 6.42 Å². The first kappa shape index (κ1) is 8.86. The van der Waals surface area contributed by atoms with Crippen LogP contribution in [0.3, 0.4) is 0 Å². The number of rotatable bonds is 3. The fraction of sp³-hybridized carbons (Fsp3) is 0.333. The van der Waals surface area contributed by atoms with Crippen LogP contribution in [0.1, 0.15) is 6.42 Å². The summed E-state index contributed by atoms with van der Waals surface area (Å²) in [5.74, 6) is -3.25. The van der Waals surface area contributed by atoms with E-state index in [0.717, 1.165) is 0 Å². The molecule has 0 N–H and O–H groups in total. The van der Waals surface area contributed by atoms with Crippen molar-refractivity contribution in [3.05, 3.63) is 0 Å². The maximum atomic E-state index is 11.1. The Morgan fingerprint density at radius 1 is 1.50 bits per heavy atom. The van der Waals surface area contributed by atoms with Crippen LogP contribution in [-0.4, -0.2) is 19.4 Å². The second kappa shape index (κ2) is 3.81. The Labute approximate surface area is 55.0 Å². The molecule has 0 radical (unpaired) electrons. The van der Waals surface area contributed by atoms with E-state index < -0.39 is 25.8 Å². The van der Waals surface area contributed by atoms with E-state index in [2.05, 4.69) is 4.65 Å². The normalized spacial score (nSPS) is 8.60. The summed E-state index contributed by atoms with van der Waals surface area (Å²) < 4.78 is 25.3. The number of carbonyl (C=O) groups excluding carboxylic acids is 2. The summed E-state index contributed by atoms with van der Waals surface area (Å²) in [5, 5.41) is 9.53. The summed E-state index contributed by atoms with van der Waals surface area (Å²) in [6.45, 7) is 0. The maximum absolute atomic E-state index is 11.1. The van der Waals surface area contributed by atoms with Crippen LogP contribution in [0.15, 0.2) is 0 Å². The summed E-state index contributed by atoms with van der Waals surface area (Å²) in [6.07, 6.45) is -1.15. The number of carboxylic acid groups (broad SMARTS) is 1. The van der Waals surface area contributed by atoms with E-state index in [-0.39, 0.29) is 0 Å². The van der Waals surface area contributed by atoms with Gasteiger partial charge in [0.25, 0.3) is 5.97 Å². The number of carboxylic acids is 1. The Hall–Kier alpha value is -1.14. The van der Waals surface area contributed by atoms with Crippen LogP contribution in [0.4, 0.5) is 8.63 Å². The molecule has 0 bridgehead atoms. The first-order chi connectivity index (χ1) is 4.52. The van der Waals surface area contributed by atoms with Crippen molar-refractivity contribution in [1.82, 2.24) is 0 Å². The average Bonchev–Trinajstić information content (AvgIpc) is 1.58. The monoisotopic (exact) mass is 151 g/mol. The predicted octanol–water partition coefficient (Wildman–Crippen LogP) is -1.41. The van der Waals surface area contributed by atoms with Crippen molar-refractivity contribution in [2.24, 2.45) is 0 Å². The highest BCUT2D eigenvalue weighted by Gasteiger charge is 2.20. The summed E-state index contributed by atoms with van der Waals surface area (Å²) in [5.41, 5.74) is 0. The lowest BCUT2D eigenvalue weighted by atomic mass is 10.3. The molecular weight excluding hydrogens is 149 g/mol. The van der Waals surface area contributed by atoms with Crippen LogP contribution in [0.2, 0.25) is 0 Å². The Morgan fingerprint density at radius 3 is 2.30 bits per heavy atom. The SMILES string of the molecule is O=C([O-])CC(=O)OB(F)F. The number of hydrogen-bond acceptors (Lipinski definition) is 4. The molecule has 0 amide bonds. The molecular formula is C3H2BF2O4-. The zero-order chi connectivity index (χ0) is 8.15. The van der Waals surface area contributed by atoms with Crippen molar-refractivity contribution < 1.29 is 28.0 Å². The van der Waals surface area contributed by atoms with Crippen LogP contribution >= 0.6 is 0 Å². The standard InChI is InChI=1S/C3H3BF2O4/c5-4(6)10-3(9)1-2(7)8/h1H2,(H,7,8)/p-1. The molecule has 56 valence electrons. The molecule has 10 heavy (non-hydrogen) atoms. The average molecular weight is 151 g/mol. The molecule has 0 atom stereocenters. The van der Waals surface area contributed by atoms with Gasteiger partial charge in [0.15, 0.2) is 0 Å². The minimum Gasteiger partial charge on any atom is -0.550 e. The molecule has 0 saturated heterocycles. The fourth-order valence-corrected chi connectivity index (χ4v) is 0.259. The summed E-state index contributed by atoms with van der Waals surface area (Å²) in [4.78, 5) is 19.5. The second-order valence-electron chi connectivity index (χ2n) is 1.30. The summed E-state index contributed by atoms with van der Waals surface area (Å²) >= 11 is 0. The Balaban J connectivity index is 3.54. The maximum Gasteiger partial charge on any atom is 0.798 e. The number of halogens is 2. The highest BCUT2D eigenvalue weighted by Crippen LogP contribution is 1.92. The lowest BCUT2D eigenvalue weighted by molar-refractivity contribution is -0.304. The van der Waals surface area contributed by atoms with E-state index in [0.29, 0.717) is 0 Å². The highest BCUT2D eigenvalue weighted by atomic mass is 19.2. The summed E-state index contributed by atoms with van der Waals surface area (Å²) in [6, 6.07) is 0. The van der Waals surface area contributed by atoms with Gasteiger partial charge in [-0.3, -0.25) is 4.79 Å². The minimum absolute atomic E-state index is 1.15. The van der Waals surface area contributed by atoms with Crippen molar-refractivity contribution in [1.29, 1.82) is 0 Å². The molecule has 0 spiro atoms. The Bertz CT molecular complexity index is 147. The van der Waals surface area contributed by atoms with Gasteiger partial charge < -0.3 is 14.6 Å². The van der Waals surface area contributed by atoms with Gasteiger partial charge in [0.1, 0.15) is 0 Å². The topological polar surface area (TPSA) is 66.4 Å². The van der Waals surface area contributed by atoms with Crippen molar-refractivity contribution in [3.63, 3.8) is 0 Å². The van der Waals surface area contributed by atoms with Crippen molar-refractivity contribution in [3.8, 4) is 0 Å². The highest BCUT2D eigenvalue weighted by molar-refractivity contribution is 6.37. The molecule has 0 aromatic heterocycles. The fourth-order valence-electron chi connectivity index (χ4n) is 0.259. The third kappa shape index (κ3) is 5.01. The van der Waals surface area contributed by atoms with E-state index in [9.17, 15) is 23.3 Å². The Kier molecular flexibility index (Phi) is 3.38. The molecule has 0 aliphatic heterocycles. The van der Waals surface area contributed by atoms with Crippen molar-refractivity contribution >= 4 is 19.4 Å². The largest absolute Gasteiger partial charge is 0.798 e.